The van der Waals surface area contributed by atoms with Crippen molar-refractivity contribution in [3.63, 3.8) is 0 Å². The first-order valence-corrected chi connectivity index (χ1v) is 14.7. The molecule has 1 aliphatic rings. The minimum absolute atomic E-state index is 0.0159. The Balaban J connectivity index is 1.22. The van der Waals surface area contributed by atoms with Crippen molar-refractivity contribution in [3.8, 4) is 16.5 Å². The molecule has 12 heteroatoms. The number of ether oxygens (including phenoxy) is 1. The van der Waals surface area contributed by atoms with Gasteiger partial charge < -0.3 is 14.2 Å². The molecule has 0 N–H and O–H groups in total. The molecule has 1 saturated heterocycles. The van der Waals surface area contributed by atoms with Crippen molar-refractivity contribution >= 4 is 32.1 Å². The molecule has 36 heavy (non-hydrogen) atoms. The Kier molecular flexibility index (Phi) is 6.50. The van der Waals surface area contributed by atoms with Gasteiger partial charge in [0.05, 0.1) is 16.8 Å². The summed E-state index contributed by atoms with van der Waals surface area (Å²) in [5.74, 6) is 1.38. The fraction of sp³-hybridized carbons (Fsp3) is 0.500. The van der Waals surface area contributed by atoms with Gasteiger partial charge in [0.2, 0.25) is 4.96 Å². The maximum atomic E-state index is 11.8. The number of benzene rings is 1. The maximum Gasteiger partial charge on any atom is 0.324 e. The van der Waals surface area contributed by atoms with E-state index in [9.17, 15) is 8.42 Å². The first kappa shape index (κ1) is 24.7. The van der Waals surface area contributed by atoms with E-state index in [2.05, 4.69) is 40.9 Å². The summed E-state index contributed by atoms with van der Waals surface area (Å²) < 4.78 is 37.0. The molecule has 1 unspecified atom stereocenters. The van der Waals surface area contributed by atoms with Gasteiger partial charge in [-0.2, -0.15) is 4.98 Å². The van der Waals surface area contributed by atoms with Gasteiger partial charge in [-0.05, 0) is 61.6 Å². The van der Waals surface area contributed by atoms with Crippen LogP contribution in [0.1, 0.15) is 50.9 Å². The number of aromatic nitrogens is 5. The minimum Gasteiger partial charge on any atom is -0.466 e. The maximum absolute atomic E-state index is 11.8. The Morgan fingerprint density at radius 2 is 1.92 bits per heavy atom. The average Bonchev–Trinajstić information content (AvgIpc) is 3.54. The summed E-state index contributed by atoms with van der Waals surface area (Å²) in [7, 11) is -3.25. The van der Waals surface area contributed by atoms with Crippen molar-refractivity contribution in [2.24, 2.45) is 5.92 Å². The van der Waals surface area contributed by atoms with Crippen molar-refractivity contribution in [1.82, 2.24) is 24.7 Å². The number of nitrogens with zero attached hydrogens (tertiary/aromatic N) is 6. The van der Waals surface area contributed by atoms with E-state index in [4.69, 9.17) is 14.2 Å². The topological polar surface area (TPSA) is 116 Å². The molecule has 1 aromatic carbocycles. The molecule has 0 spiro atoms. The van der Waals surface area contributed by atoms with Crippen LogP contribution in [-0.4, -0.2) is 58.6 Å². The number of anilines is 1. The lowest BCUT2D eigenvalue weighted by molar-refractivity contribution is 0.130. The molecule has 0 aliphatic carbocycles. The summed E-state index contributed by atoms with van der Waals surface area (Å²) in [6, 6.07) is 5.68. The summed E-state index contributed by atoms with van der Waals surface area (Å²) >= 11 is 1.40. The van der Waals surface area contributed by atoms with E-state index in [0.717, 1.165) is 53.5 Å². The zero-order chi connectivity index (χ0) is 25.6. The quantitative estimate of drug-likeness (QED) is 0.344. The smallest absolute Gasteiger partial charge is 0.324 e. The lowest BCUT2D eigenvalue weighted by Crippen LogP contribution is -2.38. The highest BCUT2D eigenvalue weighted by Gasteiger charge is 2.28. The second kappa shape index (κ2) is 9.47. The molecule has 5 rings (SSSR count). The first-order chi connectivity index (χ1) is 17.1. The molecular weight excluding hydrogens is 500 g/mol. The molecule has 0 saturated carbocycles. The highest BCUT2D eigenvalue weighted by molar-refractivity contribution is 7.90. The van der Waals surface area contributed by atoms with Crippen LogP contribution in [0.25, 0.3) is 16.2 Å². The van der Waals surface area contributed by atoms with E-state index in [0.29, 0.717) is 22.0 Å². The molecule has 3 aromatic heterocycles. The number of aryl methyl sites for hydroxylation is 1. The first-order valence-electron chi connectivity index (χ1n) is 12.0. The van der Waals surface area contributed by atoms with Gasteiger partial charge in [0.25, 0.3) is 5.19 Å². The molecule has 1 fully saturated rings. The Morgan fingerprint density at radius 1 is 1.17 bits per heavy atom. The van der Waals surface area contributed by atoms with Gasteiger partial charge in [0, 0.05) is 30.8 Å². The van der Waals surface area contributed by atoms with E-state index in [-0.39, 0.29) is 12.0 Å². The number of piperidine rings is 1. The fourth-order valence-electron chi connectivity index (χ4n) is 4.42. The van der Waals surface area contributed by atoms with Crippen molar-refractivity contribution < 1.29 is 17.7 Å². The zero-order valence-electron chi connectivity index (χ0n) is 21.0. The Bertz CT molecular complexity index is 1450. The molecule has 0 bridgehead atoms. The van der Waals surface area contributed by atoms with E-state index >= 15 is 0 Å². The third-order valence-corrected chi connectivity index (χ3v) is 8.56. The van der Waals surface area contributed by atoms with Crippen LogP contribution in [0.2, 0.25) is 0 Å². The van der Waals surface area contributed by atoms with E-state index in [1.165, 1.54) is 17.6 Å². The highest BCUT2D eigenvalue weighted by Crippen LogP contribution is 2.31. The lowest BCUT2D eigenvalue weighted by atomic mass is 9.92. The van der Waals surface area contributed by atoms with Crippen LogP contribution >= 0.6 is 11.3 Å². The molecule has 1 atom stereocenters. The van der Waals surface area contributed by atoms with Crippen LogP contribution in [0, 0.1) is 12.8 Å². The second-order valence-electron chi connectivity index (χ2n) is 9.71. The van der Waals surface area contributed by atoms with Gasteiger partial charge in [0.15, 0.2) is 15.7 Å². The van der Waals surface area contributed by atoms with Crippen LogP contribution in [0.15, 0.2) is 33.8 Å². The van der Waals surface area contributed by atoms with Gasteiger partial charge >= 0.3 is 6.01 Å². The number of sulfone groups is 1. The number of imidazole rings is 1. The van der Waals surface area contributed by atoms with Crippen LogP contribution in [0.4, 0.5) is 6.01 Å². The predicted octanol–water partition coefficient (Wildman–Crippen LogP) is 4.36. The summed E-state index contributed by atoms with van der Waals surface area (Å²) in [4.78, 5) is 12.4. The summed E-state index contributed by atoms with van der Waals surface area (Å²) in [5.41, 5.74) is 2.48. The molecule has 4 aromatic rings. The largest absolute Gasteiger partial charge is 0.466 e. The second-order valence-corrected chi connectivity index (χ2v) is 12.6. The van der Waals surface area contributed by atoms with Crippen LogP contribution in [0.3, 0.4) is 0 Å². The molecular formula is C24H30N6O4S2. The van der Waals surface area contributed by atoms with Crippen LogP contribution < -0.4 is 9.64 Å². The molecule has 0 amide bonds. The van der Waals surface area contributed by atoms with Gasteiger partial charge in [-0.3, -0.25) is 0 Å². The number of hydrogen-bond acceptors (Lipinski definition) is 10. The number of fused-ring (bicyclic) bond motifs is 1. The van der Waals surface area contributed by atoms with Crippen molar-refractivity contribution in [2.75, 3.05) is 24.2 Å². The van der Waals surface area contributed by atoms with Crippen LogP contribution in [-0.2, 0) is 9.84 Å². The standard InChI is InChI=1S/C24H30N6O4S2/c1-14(2)21-26-22(34-28-21)29-10-8-17(9-11-29)16(4)33-24-27-30-13-20(25-23(30)35-24)19-7-6-18(12-15(19)3)36(5,31)32/h6-7,12-14,16-17H,8-11H2,1-5H3. The number of rotatable bonds is 7. The summed E-state index contributed by atoms with van der Waals surface area (Å²) in [6.07, 6.45) is 5.01. The molecule has 4 heterocycles. The zero-order valence-corrected chi connectivity index (χ0v) is 22.6. The van der Waals surface area contributed by atoms with Gasteiger partial charge in [0.1, 0.15) is 6.10 Å². The molecule has 0 radical (unpaired) electrons. The van der Waals surface area contributed by atoms with Crippen molar-refractivity contribution in [2.45, 2.75) is 57.5 Å². The minimum atomic E-state index is -3.25. The van der Waals surface area contributed by atoms with E-state index in [1.807, 2.05) is 13.1 Å². The van der Waals surface area contributed by atoms with Crippen molar-refractivity contribution in [1.29, 1.82) is 0 Å². The third kappa shape index (κ3) is 4.96. The molecule has 10 nitrogen and oxygen atoms in total. The SMILES string of the molecule is Cc1cc(S(C)(=O)=O)ccc1-c1cn2nc(OC(C)C3CCN(c4nc(C(C)C)no4)CC3)sc2n1. The highest BCUT2D eigenvalue weighted by atomic mass is 32.2. The normalized spacial score (nSPS) is 16.2. The average molecular weight is 531 g/mol. The summed E-state index contributed by atoms with van der Waals surface area (Å²) in [6.45, 7) is 9.77. The Morgan fingerprint density at radius 3 is 2.53 bits per heavy atom. The van der Waals surface area contributed by atoms with Crippen LogP contribution in [0.5, 0.6) is 5.19 Å². The Hall–Kier alpha value is -2.99. The lowest BCUT2D eigenvalue weighted by Gasteiger charge is -2.33. The Labute approximate surface area is 214 Å². The van der Waals surface area contributed by atoms with Gasteiger partial charge in [-0.1, -0.05) is 25.1 Å². The third-order valence-electron chi connectivity index (χ3n) is 6.63. The molecule has 1 aliphatic heterocycles. The van der Waals surface area contributed by atoms with Gasteiger partial charge in [-0.25, -0.2) is 17.9 Å². The van der Waals surface area contributed by atoms with Gasteiger partial charge in [-0.15, -0.1) is 5.10 Å². The van der Waals surface area contributed by atoms with Crippen molar-refractivity contribution in [3.05, 3.63) is 35.8 Å². The van der Waals surface area contributed by atoms with E-state index in [1.54, 1.807) is 22.7 Å². The predicted molar refractivity (Wildman–Crippen MR) is 138 cm³/mol. The summed E-state index contributed by atoms with van der Waals surface area (Å²) in [5, 5.41) is 9.23. The fourth-order valence-corrected chi connectivity index (χ4v) is 5.94. The number of hydrogen-bond donors (Lipinski definition) is 0. The van der Waals surface area contributed by atoms with E-state index < -0.39 is 9.84 Å². The monoisotopic (exact) mass is 530 g/mol. The molecule has 192 valence electrons.